The summed E-state index contributed by atoms with van der Waals surface area (Å²) < 4.78 is 0. The third kappa shape index (κ3) is 5.78. The molecule has 2 nitrogen and oxygen atoms in total. The molecule has 0 radical (unpaired) electrons. The normalized spacial score (nSPS) is 10.2. The van der Waals surface area contributed by atoms with Crippen molar-refractivity contribution < 1.29 is 4.79 Å². The molecule has 1 rings (SSSR count). The van der Waals surface area contributed by atoms with E-state index in [-0.39, 0.29) is 5.91 Å². The van der Waals surface area contributed by atoms with Crippen molar-refractivity contribution >= 4 is 17.7 Å². The lowest BCUT2D eigenvalue weighted by atomic mass is 10.2. The topological polar surface area (TPSA) is 29.1 Å². The monoisotopic (exact) mass is 251 g/mol. The Bertz CT molecular complexity index is 335. The lowest BCUT2D eigenvalue weighted by Crippen LogP contribution is -2.22. The summed E-state index contributed by atoms with van der Waals surface area (Å²) in [6, 6.07) is 8.39. The first-order valence-electron chi connectivity index (χ1n) is 6.24. The highest BCUT2D eigenvalue weighted by Crippen LogP contribution is 2.17. The van der Waals surface area contributed by atoms with Gasteiger partial charge in [-0.15, -0.1) is 11.8 Å². The summed E-state index contributed by atoms with van der Waals surface area (Å²) >= 11 is 1.83. The summed E-state index contributed by atoms with van der Waals surface area (Å²) in [6.07, 6.45) is 2.68. The van der Waals surface area contributed by atoms with Gasteiger partial charge in [-0.2, -0.15) is 0 Å². The van der Waals surface area contributed by atoms with E-state index in [2.05, 4.69) is 43.4 Å². The number of carbonyl (C=O) groups is 1. The second-order valence-corrected chi connectivity index (χ2v) is 5.29. The summed E-state index contributed by atoms with van der Waals surface area (Å²) in [4.78, 5) is 12.7. The fourth-order valence-corrected chi connectivity index (χ4v) is 2.16. The van der Waals surface area contributed by atoms with Gasteiger partial charge in [0, 0.05) is 17.9 Å². The third-order valence-corrected chi connectivity index (χ3v) is 3.38. The molecule has 0 fully saturated rings. The number of amides is 1. The molecule has 0 aliphatic heterocycles. The van der Waals surface area contributed by atoms with Gasteiger partial charge in [0.2, 0.25) is 5.91 Å². The molecule has 1 aromatic carbocycles. The SMILES string of the molecule is CCCCC(=O)NCc1ccc(SCC)cc1. The maximum Gasteiger partial charge on any atom is 0.220 e. The number of carbonyl (C=O) groups excluding carboxylic acids is 1. The van der Waals surface area contributed by atoms with Gasteiger partial charge in [-0.1, -0.05) is 32.4 Å². The Kier molecular flexibility index (Phi) is 6.78. The van der Waals surface area contributed by atoms with Crippen molar-refractivity contribution in [3.05, 3.63) is 29.8 Å². The maximum atomic E-state index is 11.4. The summed E-state index contributed by atoms with van der Waals surface area (Å²) in [5.74, 6) is 1.24. The highest BCUT2D eigenvalue weighted by Gasteiger charge is 2.00. The Labute approximate surface area is 108 Å². The molecule has 1 N–H and O–H groups in total. The van der Waals surface area contributed by atoms with Crippen LogP contribution in [0.5, 0.6) is 0 Å². The second kappa shape index (κ2) is 8.18. The van der Waals surface area contributed by atoms with E-state index in [1.54, 1.807) is 0 Å². The van der Waals surface area contributed by atoms with Gasteiger partial charge in [0.05, 0.1) is 0 Å². The van der Waals surface area contributed by atoms with Crippen LogP contribution in [0.4, 0.5) is 0 Å². The fraction of sp³-hybridized carbons (Fsp3) is 0.500. The number of hydrogen-bond acceptors (Lipinski definition) is 2. The van der Waals surface area contributed by atoms with Gasteiger partial charge in [0.25, 0.3) is 0 Å². The van der Waals surface area contributed by atoms with E-state index >= 15 is 0 Å². The Hall–Kier alpha value is -0.960. The summed E-state index contributed by atoms with van der Waals surface area (Å²) in [6.45, 7) is 4.88. The van der Waals surface area contributed by atoms with Crippen LogP contribution in [0.15, 0.2) is 29.2 Å². The number of hydrogen-bond donors (Lipinski definition) is 1. The molecule has 1 aromatic rings. The molecule has 0 saturated heterocycles. The van der Waals surface area contributed by atoms with E-state index in [1.165, 1.54) is 4.90 Å². The molecule has 17 heavy (non-hydrogen) atoms. The van der Waals surface area contributed by atoms with Gasteiger partial charge in [0.1, 0.15) is 0 Å². The number of thioether (sulfide) groups is 1. The molecule has 0 heterocycles. The molecule has 0 bridgehead atoms. The van der Waals surface area contributed by atoms with E-state index in [4.69, 9.17) is 0 Å². The van der Waals surface area contributed by atoms with Gasteiger partial charge in [-0.25, -0.2) is 0 Å². The van der Waals surface area contributed by atoms with Gasteiger partial charge < -0.3 is 5.32 Å². The Morgan fingerprint density at radius 3 is 2.53 bits per heavy atom. The van der Waals surface area contributed by atoms with Crippen molar-refractivity contribution in [2.45, 2.75) is 44.6 Å². The standard InChI is InChI=1S/C14H21NOS/c1-3-5-6-14(16)15-11-12-7-9-13(10-8-12)17-4-2/h7-10H,3-6,11H2,1-2H3,(H,15,16). The number of unbranched alkanes of at least 4 members (excludes halogenated alkanes) is 1. The van der Waals surface area contributed by atoms with Crippen molar-refractivity contribution in [3.8, 4) is 0 Å². The lowest BCUT2D eigenvalue weighted by molar-refractivity contribution is -0.121. The van der Waals surface area contributed by atoms with Crippen LogP contribution < -0.4 is 5.32 Å². The minimum Gasteiger partial charge on any atom is -0.352 e. The average molecular weight is 251 g/mol. The van der Waals surface area contributed by atoms with E-state index in [1.807, 2.05) is 11.8 Å². The van der Waals surface area contributed by atoms with E-state index < -0.39 is 0 Å². The quantitative estimate of drug-likeness (QED) is 0.750. The molecule has 1 amide bonds. The summed E-state index contributed by atoms with van der Waals surface area (Å²) in [5.41, 5.74) is 1.16. The van der Waals surface area contributed by atoms with Crippen LogP contribution in [0.25, 0.3) is 0 Å². The second-order valence-electron chi connectivity index (χ2n) is 3.96. The van der Waals surface area contributed by atoms with Gasteiger partial charge in [0.15, 0.2) is 0 Å². The van der Waals surface area contributed by atoms with Crippen molar-refractivity contribution in [1.82, 2.24) is 5.32 Å². The average Bonchev–Trinajstić information content (AvgIpc) is 2.36. The van der Waals surface area contributed by atoms with Gasteiger partial charge in [-0.05, 0) is 29.9 Å². The van der Waals surface area contributed by atoms with Crippen LogP contribution >= 0.6 is 11.8 Å². The smallest absolute Gasteiger partial charge is 0.220 e. The molecule has 0 atom stereocenters. The summed E-state index contributed by atoms with van der Waals surface area (Å²) in [5, 5.41) is 2.94. The fourth-order valence-electron chi connectivity index (χ4n) is 1.50. The highest BCUT2D eigenvalue weighted by atomic mass is 32.2. The predicted octanol–water partition coefficient (Wildman–Crippen LogP) is 3.61. The van der Waals surface area contributed by atoms with Crippen LogP contribution in [0.2, 0.25) is 0 Å². The van der Waals surface area contributed by atoms with E-state index in [0.717, 1.165) is 24.2 Å². The zero-order valence-electron chi connectivity index (χ0n) is 10.7. The first kappa shape index (κ1) is 14.1. The van der Waals surface area contributed by atoms with Gasteiger partial charge in [-0.3, -0.25) is 4.79 Å². The first-order chi connectivity index (χ1) is 8.26. The highest BCUT2D eigenvalue weighted by molar-refractivity contribution is 7.99. The molecule has 0 spiro atoms. The van der Waals surface area contributed by atoms with Crippen molar-refractivity contribution in [2.75, 3.05) is 5.75 Å². The van der Waals surface area contributed by atoms with E-state index in [9.17, 15) is 4.79 Å². The van der Waals surface area contributed by atoms with Crippen LogP contribution in [-0.4, -0.2) is 11.7 Å². The van der Waals surface area contributed by atoms with Crippen molar-refractivity contribution in [2.24, 2.45) is 0 Å². The molecule has 3 heteroatoms. The molecule has 0 aromatic heterocycles. The van der Waals surface area contributed by atoms with Crippen LogP contribution in [0.3, 0.4) is 0 Å². The van der Waals surface area contributed by atoms with Crippen LogP contribution in [-0.2, 0) is 11.3 Å². The molecule has 0 unspecified atom stereocenters. The summed E-state index contributed by atoms with van der Waals surface area (Å²) in [7, 11) is 0. The zero-order valence-corrected chi connectivity index (χ0v) is 11.5. The molecule has 94 valence electrons. The molecular weight excluding hydrogens is 230 g/mol. The zero-order chi connectivity index (χ0) is 12.5. The number of rotatable bonds is 7. The van der Waals surface area contributed by atoms with E-state index in [0.29, 0.717) is 13.0 Å². The Balaban J connectivity index is 2.34. The minimum atomic E-state index is 0.152. The predicted molar refractivity (Wildman–Crippen MR) is 74.2 cm³/mol. The van der Waals surface area contributed by atoms with Crippen LogP contribution in [0, 0.1) is 0 Å². The largest absolute Gasteiger partial charge is 0.352 e. The lowest BCUT2D eigenvalue weighted by Gasteiger charge is -2.05. The Morgan fingerprint density at radius 1 is 1.24 bits per heavy atom. The minimum absolute atomic E-state index is 0.152. The molecule has 0 saturated carbocycles. The van der Waals surface area contributed by atoms with Crippen molar-refractivity contribution in [3.63, 3.8) is 0 Å². The van der Waals surface area contributed by atoms with Gasteiger partial charge >= 0.3 is 0 Å². The van der Waals surface area contributed by atoms with Crippen LogP contribution in [0.1, 0.15) is 38.7 Å². The third-order valence-electron chi connectivity index (χ3n) is 2.48. The Morgan fingerprint density at radius 2 is 1.94 bits per heavy atom. The number of benzene rings is 1. The maximum absolute atomic E-state index is 11.4. The molecular formula is C14H21NOS. The first-order valence-corrected chi connectivity index (χ1v) is 7.23. The van der Waals surface area contributed by atoms with Crippen molar-refractivity contribution in [1.29, 1.82) is 0 Å². The molecule has 0 aliphatic carbocycles. The molecule has 0 aliphatic rings. The number of nitrogens with one attached hydrogen (secondary N) is 1.